The summed E-state index contributed by atoms with van der Waals surface area (Å²) in [5.41, 5.74) is 5.09. The zero-order chi connectivity index (χ0) is 7.28. The van der Waals surface area contributed by atoms with Gasteiger partial charge in [-0.3, -0.25) is 5.41 Å². The molecule has 3 nitrogen and oxygen atoms in total. The predicted octanol–water partition coefficient (Wildman–Crippen LogP) is 0.472. The number of nitrogens with one attached hydrogen (secondary N) is 2. The molecule has 0 spiro atoms. The van der Waals surface area contributed by atoms with Gasteiger partial charge in [0, 0.05) is 6.04 Å². The van der Waals surface area contributed by atoms with E-state index in [4.69, 9.17) is 11.1 Å². The molecular weight excluding hydrogens is 114 g/mol. The quantitative estimate of drug-likeness (QED) is 0.382. The minimum absolute atomic E-state index is 0.0329. The molecule has 9 heavy (non-hydrogen) atoms. The lowest BCUT2D eigenvalue weighted by Crippen LogP contribution is -2.38. The third kappa shape index (κ3) is 3.82. The Bertz CT molecular complexity index is 86.3. The Hall–Kier alpha value is -0.730. The molecule has 0 saturated heterocycles. The van der Waals surface area contributed by atoms with Gasteiger partial charge in [0.2, 0.25) is 0 Å². The summed E-state index contributed by atoms with van der Waals surface area (Å²) in [6, 6.07) is 0.266. The smallest absolute Gasteiger partial charge is 0.185 e. The SMILES string of the molecule is [CH2]CC(CC)NC(=N)N. The molecule has 4 N–H and O–H groups in total. The third-order valence-electron chi connectivity index (χ3n) is 1.20. The van der Waals surface area contributed by atoms with Crippen molar-refractivity contribution in [3.8, 4) is 0 Å². The molecule has 0 amide bonds. The van der Waals surface area contributed by atoms with E-state index in [9.17, 15) is 0 Å². The summed E-state index contributed by atoms with van der Waals surface area (Å²) in [6.45, 7) is 5.73. The lowest BCUT2D eigenvalue weighted by Gasteiger charge is -2.13. The van der Waals surface area contributed by atoms with Crippen LogP contribution in [0.15, 0.2) is 0 Å². The van der Waals surface area contributed by atoms with Crippen LogP contribution < -0.4 is 11.1 Å². The average Bonchev–Trinajstić information content (AvgIpc) is 1.82. The highest BCUT2D eigenvalue weighted by atomic mass is 15.1. The summed E-state index contributed by atoms with van der Waals surface area (Å²) in [7, 11) is 0. The van der Waals surface area contributed by atoms with Gasteiger partial charge in [0.05, 0.1) is 0 Å². The van der Waals surface area contributed by atoms with Crippen LogP contribution in [0.4, 0.5) is 0 Å². The maximum atomic E-state index is 6.87. The van der Waals surface area contributed by atoms with Crippen LogP contribution in [0.25, 0.3) is 0 Å². The Balaban J connectivity index is 3.43. The standard InChI is InChI=1S/C6H14N3/c1-3-5(4-2)9-6(7)8/h5H,1,3-4H2,2H3,(H4,7,8,9). The molecule has 0 aliphatic carbocycles. The number of hydrogen-bond acceptors (Lipinski definition) is 1. The molecule has 1 radical (unpaired) electrons. The van der Waals surface area contributed by atoms with Crippen molar-refractivity contribution in [1.82, 2.24) is 5.32 Å². The topological polar surface area (TPSA) is 61.9 Å². The van der Waals surface area contributed by atoms with E-state index >= 15 is 0 Å². The molecule has 0 rings (SSSR count). The van der Waals surface area contributed by atoms with E-state index in [2.05, 4.69) is 12.2 Å². The maximum absolute atomic E-state index is 6.87. The lowest BCUT2D eigenvalue weighted by molar-refractivity contribution is 0.589. The Labute approximate surface area is 56.1 Å². The molecule has 0 aromatic carbocycles. The van der Waals surface area contributed by atoms with Crippen molar-refractivity contribution in [2.75, 3.05) is 0 Å². The Morgan fingerprint density at radius 1 is 1.89 bits per heavy atom. The maximum Gasteiger partial charge on any atom is 0.185 e. The largest absolute Gasteiger partial charge is 0.370 e. The normalized spacial score (nSPS) is 9.67. The molecule has 0 aliphatic rings. The van der Waals surface area contributed by atoms with Gasteiger partial charge in [-0.15, -0.1) is 0 Å². The predicted molar refractivity (Wildman–Crippen MR) is 39.1 cm³/mol. The van der Waals surface area contributed by atoms with Gasteiger partial charge in [-0.2, -0.15) is 0 Å². The monoisotopic (exact) mass is 128 g/mol. The van der Waals surface area contributed by atoms with Crippen LogP contribution in [0.3, 0.4) is 0 Å². The summed E-state index contributed by atoms with van der Waals surface area (Å²) in [5.74, 6) is 0.0329. The molecule has 0 fully saturated rings. The summed E-state index contributed by atoms with van der Waals surface area (Å²) in [4.78, 5) is 0. The highest BCUT2D eigenvalue weighted by Gasteiger charge is 2.00. The third-order valence-corrected chi connectivity index (χ3v) is 1.20. The van der Waals surface area contributed by atoms with E-state index < -0.39 is 0 Å². The molecular formula is C6H14N3. The van der Waals surface area contributed by atoms with Crippen LogP contribution >= 0.6 is 0 Å². The van der Waals surface area contributed by atoms with Crippen molar-refractivity contribution in [2.45, 2.75) is 25.8 Å². The molecule has 0 aliphatic heterocycles. The zero-order valence-electron chi connectivity index (χ0n) is 5.78. The minimum atomic E-state index is 0.0329. The van der Waals surface area contributed by atoms with E-state index in [-0.39, 0.29) is 12.0 Å². The highest BCUT2D eigenvalue weighted by Crippen LogP contribution is 1.93. The van der Waals surface area contributed by atoms with E-state index in [1.165, 1.54) is 0 Å². The summed E-state index contributed by atoms with van der Waals surface area (Å²) >= 11 is 0. The van der Waals surface area contributed by atoms with Crippen LogP contribution in [-0.2, 0) is 0 Å². The Kier molecular flexibility index (Phi) is 3.84. The van der Waals surface area contributed by atoms with Crippen LogP contribution in [-0.4, -0.2) is 12.0 Å². The van der Waals surface area contributed by atoms with Crippen LogP contribution in [0.1, 0.15) is 19.8 Å². The van der Waals surface area contributed by atoms with Crippen LogP contribution in [0.2, 0.25) is 0 Å². The first kappa shape index (κ1) is 8.27. The van der Waals surface area contributed by atoms with E-state index in [1.54, 1.807) is 0 Å². The summed E-state index contributed by atoms with van der Waals surface area (Å²) < 4.78 is 0. The molecule has 1 atom stereocenters. The first-order chi connectivity index (χ1) is 4.20. The number of guanidine groups is 1. The fourth-order valence-corrected chi connectivity index (χ4v) is 0.598. The van der Waals surface area contributed by atoms with Crippen molar-refractivity contribution in [1.29, 1.82) is 5.41 Å². The second-order valence-corrected chi connectivity index (χ2v) is 1.95. The molecule has 0 bridgehead atoms. The molecule has 1 unspecified atom stereocenters. The Morgan fingerprint density at radius 2 is 2.44 bits per heavy atom. The summed E-state index contributed by atoms with van der Waals surface area (Å²) in [6.07, 6.45) is 1.74. The highest BCUT2D eigenvalue weighted by molar-refractivity contribution is 5.74. The van der Waals surface area contributed by atoms with Crippen molar-refractivity contribution in [3.63, 3.8) is 0 Å². The van der Waals surface area contributed by atoms with Crippen LogP contribution in [0.5, 0.6) is 0 Å². The number of hydrogen-bond donors (Lipinski definition) is 3. The zero-order valence-corrected chi connectivity index (χ0v) is 5.78. The van der Waals surface area contributed by atoms with E-state index in [0.717, 1.165) is 12.8 Å². The lowest BCUT2D eigenvalue weighted by atomic mass is 10.2. The van der Waals surface area contributed by atoms with Crippen molar-refractivity contribution in [3.05, 3.63) is 6.92 Å². The molecule has 0 heterocycles. The summed E-state index contributed by atoms with van der Waals surface area (Å²) in [5, 5.41) is 9.65. The van der Waals surface area contributed by atoms with Gasteiger partial charge < -0.3 is 11.1 Å². The van der Waals surface area contributed by atoms with Gasteiger partial charge in [-0.1, -0.05) is 13.8 Å². The number of rotatable bonds is 3. The van der Waals surface area contributed by atoms with Crippen molar-refractivity contribution in [2.24, 2.45) is 5.73 Å². The molecule has 53 valence electrons. The van der Waals surface area contributed by atoms with Gasteiger partial charge in [0.15, 0.2) is 5.96 Å². The van der Waals surface area contributed by atoms with Crippen LogP contribution in [0, 0.1) is 12.3 Å². The molecule has 0 aromatic heterocycles. The van der Waals surface area contributed by atoms with Crippen molar-refractivity contribution < 1.29 is 0 Å². The van der Waals surface area contributed by atoms with Gasteiger partial charge in [0.25, 0.3) is 0 Å². The van der Waals surface area contributed by atoms with Gasteiger partial charge in [-0.25, -0.2) is 0 Å². The Morgan fingerprint density at radius 3 is 2.56 bits per heavy atom. The first-order valence-corrected chi connectivity index (χ1v) is 3.10. The molecule has 3 heteroatoms. The van der Waals surface area contributed by atoms with E-state index in [1.807, 2.05) is 6.92 Å². The molecule has 0 saturated carbocycles. The molecule has 0 aromatic rings. The first-order valence-electron chi connectivity index (χ1n) is 3.10. The fourth-order valence-electron chi connectivity index (χ4n) is 0.598. The van der Waals surface area contributed by atoms with Crippen molar-refractivity contribution >= 4 is 5.96 Å². The fraction of sp³-hybridized carbons (Fsp3) is 0.667. The number of nitrogens with two attached hydrogens (primary N) is 1. The van der Waals surface area contributed by atoms with Gasteiger partial charge >= 0.3 is 0 Å². The minimum Gasteiger partial charge on any atom is -0.370 e. The second kappa shape index (κ2) is 4.18. The van der Waals surface area contributed by atoms with Gasteiger partial charge in [0.1, 0.15) is 0 Å². The second-order valence-electron chi connectivity index (χ2n) is 1.95. The van der Waals surface area contributed by atoms with Gasteiger partial charge in [-0.05, 0) is 12.8 Å². The average molecular weight is 128 g/mol. The van der Waals surface area contributed by atoms with E-state index in [0.29, 0.717) is 0 Å².